The molecule has 0 unspecified atom stereocenters. The number of fused-ring (bicyclic) bond motifs is 1. The molecule has 45 heavy (non-hydrogen) atoms. The van der Waals surface area contributed by atoms with E-state index >= 15 is 0 Å². The molecule has 7 nitrogen and oxygen atoms in total. The van der Waals surface area contributed by atoms with E-state index in [1.165, 1.54) is 11.3 Å². The number of carbonyl (C=O) groups excluding carboxylic acids is 1. The van der Waals surface area contributed by atoms with Crippen molar-refractivity contribution < 1.29 is 19.0 Å². The minimum absolute atomic E-state index is 0.229. The molecule has 3 aromatic carbocycles. The summed E-state index contributed by atoms with van der Waals surface area (Å²) in [5.41, 5.74) is 2.95. The van der Waals surface area contributed by atoms with Crippen molar-refractivity contribution in [1.29, 1.82) is 0 Å². The van der Waals surface area contributed by atoms with Crippen LogP contribution < -0.4 is 24.4 Å². The fourth-order valence-electron chi connectivity index (χ4n) is 4.91. The number of rotatable bonds is 10. The number of esters is 1. The monoisotopic (exact) mass is 682 g/mol. The van der Waals surface area contributed by atoms with Crippen LogP contribution in [0.15, 0.2) is 86.6 Å². The SMILES string of the molecule is CCOc1cc(/C=c2\sc3n(c2=O)[C@H](c2ccc(SC)cc2)C(C(=O)OC(C)C)=C(C)N=3)ccc1OCc1ccc(Cl)cc1Cl. The van der Waals surface area contributed by atoms with E-state index < -0.39 is 12.0 Å². The first-order valence-corrected chi connectivity index (χ1v) is 17.1. The first-order chi connectivity index (χ1) is 21.6. The molecule has 0 fully saturated rings. The Kier molecular flexibility index (Phi) is 10.4. The van der Waals surface area contributed by atoms with E-state index in [0.717, 1.165) is 21.6 Å². The fourth-order valence-corrected chi connectivity index (χ4v) is 6.83. The largest absolute Gasteiger partial charge is 0.490 e. The van der Waals surface area contributed by atoms with Crippen molar-refractivity contribution in [2.24, 2.45) is 4.99 Å². The molecule has 0 saturated carbocycles. The van der Waals surface area contributed by atoms with Crippen molar-refractivity contribution >= 4 is 58.3 Å². The number of nitrogens with zero attached hydrogens (tertiary/aromatic N) is 2. The van der Waals surface area contributed by atoms with Gasteiger partial charge in [0.1, 0.15) is 6.61 Å². The number of aromatic nitrogens is 1. The molecule has 0 amide bonds. The van der Waals surface area contributed by atoms with E-state index in [-0.39, 0.29) is 18.3 Å². The number of benzene rings is 3. The molecule has 0 bridgehead atoms. The summed E-state index contributed by atoms with van der Waals surface area (Å²) in [5.74, 6) is 0.584. The van der Waals surface area contributed by atoms with Crippen LogP contribution in [0.4, 0.5) is 0 Å². The Labute approximate surface area is 279 Å². The Bertz CT molecular complexity index is 1950. The highest BCUT2D eigenvalue weighted by Crippen LogP contribution is 2.33. The lowest BCUT2D eigenvalue weighted by Gasteiger charge is -2.25. The molecule has 1 aliphatic rings. The zero-order chi connectivity index (χ0) is 32.2. The van der Waals surface area contributed by atoms with E-state index in [1.807, 2.05) is 55.6 Å². The van der Waals surface area contributed by atoms with Crippen LogP contribution in [0, 0.1) is 0 Å². The lowest BCUT2D eigenvalue weighted by atomic mass is 9.96. The maximum Gasteiger partial charge on any atom is 0.338 e. The Morgan fingerprint density at radius 1 is 1.07 bits per heavy atom. The lowest BCUT2D eigenvalue weighted by molar-refractivity contribution is -0.143. The standard InChI is InChI=1S/C34H32Cl2N2O5S2/c1-6-41-28-15-21(7-14-27(28)42-18-23-8-11-24(35)17-26(23)36)16-29-32(39)38-31(22-9-12-25(44-5)13-10-22)30(33(40)43-19(2)3)20(4)37-34(38)45-29/h7-17,19,31H,6,18H2,1-5H3/b29-16-/t31-/m1/s1. The highest BCUT2D eigenvalue weighted by molar-refractivity contribution is 7.98. The second kappa shape index (κ2) is 14.3. The Hall–Kier alpha value is -3.50. The number of hydrogen-bond donors (Lipinski definition) is 0. The average Bonchev–Trinajstić information content (AvgIpc) is 3.30. The van der Waals surface area contributed by atoms with Gasteiger partial charge < -0.3 is 14.2 Å². The Balaban J connectivity index is 1.55. The number of hydrogen-bond acceptors (Lipinski definition) is 8. The quantitative estimate of drug-likeness (QED) is 0.130. The number of thiazole rings is 1. The summed E-state index contributed by atoms with van der Waals surface area (Å²) in [6.07, 6.45) is 3.47. The zero-order valence-electron chi connectivity index (χ0n) is 25.4. The van der Waals surface area contributed by atoms with Gasteiger partial charge in [0, 0.05) is 20.5 Å². The minimum Gasteiger partial charge on any atom is -0.490 e. The molecule has 234 valence electrons. The van der Waals surface area contributed by atoms with Gasteiger partial charge in [-0.15, -0.1) is 11.8 Å². The topological polar surface area (TPSA) is 79.1 Å². The van der Waals surface area contributed by atoms with E-state index in [1.54, 1.807) is 61.4 Å². The Morgan fingerprint density at radius 3 is 2.49 bits per heavy atom. The molecule has 0 aliphatic carbocycles. The maximum absolute atomic E-state index is 14.0. The van der Waals surface area contributed by atoms with Gasteiger partial charge in [-0.2, -0.15) is 0 Å². The third-order valence-electron chi connectivity index (χ3n) is 6.98. The van der Waals surface area contributed by atoms with Crippen molar-refractivity contribution in [1.82, 2.24) is 4.57 Å². The predicted octanol–water partition coefficient (Wildman–Crippen LogP) is 7.19. The molecule has 1 aliphatic heterocycles. The van der Waals surface area contributed by atoms with E-state index in [4.69, 9.17) is 37.4 Å². The molecule has 0 spiro atoms. The smallest absolute Gasteiger partial charge is 0.338 e. The number of allylic oxidation sites excluding steroid dienone is 1. The van der Waals surface area contributed by atoms with Crippen molar-refractivity contribution in [2.75, 3.05) is 12.9 Å². The van der Waals surface area contributed by atoms with Gasteiger partial charge in [-0.05, 0) is 87.6 Å². The summed E-state index contributed by atoms with van der Waals surface area (Å²) in [6.45, 7) is 7.92. The van der Waals surface area contributed by atoms with Crippen LogP contribution in [0.25, 0.3) is 6.08 Å². The minimum atomic E-state index is -0.681. The van der Waals surface area contributed by atoms with Crippen molar-refractivity contribution in [3.8, 4) is 11.5 Å². The molecular weight excluding hydrogens is 651 g/mol. The summed E-state index contributed by atoms with van der Waals surface area (Å²) < 4.78 is 19.6. The fraction of sp³-hybridized carbons (Fsp3) is 0.265. The number of halogens is 2. The van der Waals surface area contributed by atoms with E-state index in [2.05, 4.69) is 4.99 Å². The van der Waals surface area contributed by atoms with Gasteiger partial charge in [-0.3, -0.25) is 9.36 Å². The van der Waals surface area contributed by atoms with E-state index in [9.17, 15) is 9.59 Å². The molecule has 2 heterocycles. The second-order valence-electron chi connectivity index (χ2n) is 10.5. The van der Waals surface area contributed by atoms with E-state index in [0.29, 0.717) is 48.8 Å². The van der Waals surface area contributed by atoms with Gasteiger partial charge in [0.25, 0.3) is 5.56 Å². The van der Waals surface area contributed by atoms with Gasteiger partial charge in [-0.25, -0.2) is 9.79 Å². The van der Waals surface area contributed by atoms with Crippen LogP contribution in [-0.4, -0.2) is 29.5 Å². The van der Waals surface area contributed by atoms with Crippen LogP contribution in [0.1, 0.15) is 50.4 Å². The summed E-state index contributed by atoms with van der Waals surface area (Å²) >= 11 is 15.2. The van der Waals surface area contributed by atoms with Gasteiger partial charge in [0.05, 0.1) is 34.6 Å². The van der Waals surface area contributed by atoms with Crippen molar-refractivity contribution in [3.63, 3.8) is 0 Å². The molecule has 1 atom stereocenters. The average molecular weight is 684 g/mol. The van der Waals surface area contributed by atoms with Crippen LogP contribution in [0.3, 0.4) is 0 Å². The highest BCUT2D eigenvalue weighted by Gasteiger charge is 2.33. The Morgan fingerprint density at radius 2 is 1.82 bits per heavy atom. The number of thioether (sulfide) groups is 1. The first-order valence-electron chi connectivity index (χ1n) is 14.3. The molecule has 0 N–H and O–H groups in total. The molecule has 1 aromatic heterocycles. The predicted molar refractivity (Wildman–Crippen MR) is 182 cm³/mol. The van der Waals surface area contributed by atoms with Crippen LogP contribution in [0.2, 0.25) is 10.0 Å². The molecule has 4 aromatic rings. The first kappa shape index (κ1) is 32.9. The summed E-state index contributed by atoms with van der Waals surface area (Å²) in [6, 6.07) is 17.9. The van der Waals surface area contributed by atoms with Gasteiger partial charge in [0.15, 0.2) is 16.3 Å². The molecule has 0 radical (unpaired) electrons. The lowest BCUT2D eigenvalue weighted by Crippen LogP contribution is -2.40. The van der Waals surface area contributed by atoms with Crippen LogP contribution in [0.5, 0.6) is 11.5 Å². The summed E-state index contributed by atoms with van der Waals surface area (Å²) in [7, 11) is 0. The highest BCUT2D eigenvalue weighted by atomic mass is 35.5. The third kappa shape index (κ3) is 7.33. The van der Waals surface area contributed by atoms with Gasteiger partial charge >= 0.3 is 5.97 Å². The second-order valence-corrected chi connectivity index (χ2v) is 13.2. The van der Waals surface area contributed by atoms with Crippen LogP contribution >= 0.6 is 46.3 Å². The van der Waals surface area contributed by atoms with Gasteiger partial charge in [0.2, 0.25) is 0 Å². The summed E-state index contributed by atoms with van der Waals surface area (Å²) in [5, 5.41) is 1.07. The van der Waals surface area contributed by atoms with Crippen LogP contribution in [-0.2, 0) is 16.1 Å². The molecule has 0 saturated heterocycles. The zero-order valence-corrected chi connectivity index (χ0v) is 28.6. The number of ether oxygens (including phenoxy) is 3. The maximum atomic E-state index is 14.0. The van der Waals surface area contributed by atoms with Crippen molar-refractivity contribution in [3.05, 3.63) is 118 Å². The summed E-state index contributed by atoms with van der Waals surface area (Å²) in [4.78, 5) is 33.7. The number of carbonyl (C=O) groups is 1. The molecular formula is C34H32Cl2N2O5S2. The normalized spacial score (nSPS) is 14.8. The third-order valence-corrected chi connectivity index (χ3v) is 9.29. The molecule has 11 heteroatoms. The molecule has 5 rings (SSSR count). The van der Waals surface area contributed by atoms with Gasteiger partial charge in [-0.1, -0.05) is 58.8 Å². The van der Waals surface area contributed by atoms with Crippen molar-refractivity contribution in [2.45, 2.75) is 51.3 Å².